The zero-order chi connectivity index (χ0) is 8.32. The van der Waals surface area contributed by atoms with Crippen LogP contribution in [0.4, 0.5) is 0 Å². The molecule has 1 heteroatoms. The van der Waals surface area contributed by atoms with Crippen LogP contribution in [0.5, 0.6) is 0 Å². The maximum absolute atomic E-state index is 3.46. The van der Waals surface area contributed by atoms with Crippen LogP contribution in [0.1, 0.15) is 40.0 Å². The molecule has 0 aromatic carbocycles. The van der Waals surface area contributed by atoms with Crippen LogP contribution >= 0.6 is 0 Å². The van der Waals surface area contributed by atoms with Gasteiger partial charge in [-0.25, -0.2) is 0 Å². The van der Waals surface area contributed by atoms with Crippen LogP contribution in [0.15, 0.2) is 0 Å². The molecule has 0 aromatic heterocycles. The molecule has 1 aliphatic heterocycles. The van der Waals surface area contributed by atoms with Crippen LogP contribution in [-0.2, 0) is 0 Å². The molecule has 1 fully saturated rings. The van der Waals surface area contributed by atoms with Crippen molar-refractivity contribution in [1.82, 2.24) is 5.32 Å². The molecular weight excluding hydrogens is 134 g/mol. The van der Waals surface area contributed by atoms with E-state index in [1.165, 1.54) is 32.4 Å². The molecule has 0 aliphatic carbocycles. The summed E-state index contributed by atoms with van der Waals surface area (Å²) in [6, 6.07) is 0. The topological polar surface area (TPSA) is 12.0 Å². The highest BCUT2D eigenvalue weighted by Crippen LogP contribution is 2.39. The van der Waals surface area contributed by atoms with Crippen molar-refractivity contribution >= 4 is 0 Å². The second-order valence-corrected chi connectivity index (χ2v) is 3.92. The highest BCUT2D eigenvalue weighted by atomic mass is 14.9. The molecule has 0 radical (unpaired) electrons. The molecule has 1 rings (SSSR count). The van der Waals surface area contributed by atoms with Gasteiger partial charge in [0, 0.05) is 0 Å². The first-order valence-corrected chi connectivity index (χ1v) is 4.96. The van der Waals surface area contributed by atoms with Gasteiger partial charge in [0.05, 0.1) is 0 Å². The van der Waals surface area contributed by atoms with Gasteiger partial charge in [-0.2, -0.15) is 0 Å². The lowest BCUT2D eigenvalue weighted by atomic mass is 9.68. The van der Waals surface area contributed by atoms with Crippen molar-refractivity contribution < 1.29 is 0 Å². The van der Waals surface area contributed by atoms with Crippen LogP contribution in [0, 0.1) is 11.3 Å². The Hall–Kier alpha value is -0.0400. The quantitative estimate of drug-likeness (QED) is 0.646. The lowest BCUT2D eigenvalue weighted by molar-refractivity contribution is 0.109. The Morgan fingerprint density at radius 2 is 2.00 bits per heavy atom. The summed E-state index contributed by atoms with van der Waals surface area (Å²) < 4.78 is 0. The fraction of sp³-hybridized carbons (Fsp3) is 1.00. The van der Waals surface area contributed by atoms with Crippen molar-refractivity contribution in [1.29, 1.82) is 0 Å². The summed E-state index contributed by atoms with van der Waals surface area (Å²) in [4.78, 5) is 0. The predicted molar refractivity (Wildman–Crippen MR) is 49.7 cm³/mol. The molecule has 0 aromatic rings. The third-order valence-electron chi connectivity index (χ3n) is 3.70. The van der Waals surface area contributed by atoms with E-state index in [9.17, 15) is 0 Å². The Kier molecular flexibility index (Phi) is 2.94. The third-order valence-corrected chi connectivity index (χ3v) is 3.70. The van der Waals surface area contributed by atoms with Crippen molar-refractivity contribution in [3.63, 3.8) is 0 Å². The Labute approximate surface area is 70.6 Å². The molecule has 11 heavy (non-hydrogen) atoms. The molecule has 0 saturated carbocycles. The first-order valence-electron chi connectivity index (χ1n) is 4.96. The van der Waals surface area contributed by atoms with Gasteiger partial charge in [-0.3, -0.25) is 0 Å². The van der Waals surface area contributed by atoms with E-state index in [4.69, 9.17) is 0 Å². The molecule has 1 unspecified atom stereocenters. The summed E-state index contributed by atoms with van der Waals surface area (Å²) in [6.07, 6.45) is 4.08. The Balaban J connectivity index is 2.61. The second-order valence-electron chi connectivity index (χ2n) is 3.92. The molecule has 1 heterocycles. The van der Waals surface area contributed by atoms with Crippen molar-refractivity contribution in [3.8, 4) is 0 Å². The number of rotatable bonds is 2. The van der Waals surface area contributed by atoms with Gasteiger partial charge in [-0.05, 0) is 30.8 Å². The van der Waals surface area contributed by atoms with E-state index in [2.05, 4.69) is 26.1 Å². The Bertz CT molecular complexity index is 116. The van der Waals surface area contributed by atoms with E-state index in [0.29, 0.717) is 5.41 Å². The first-order chi connectivity index (χ1) is 5.25. The maximum Gasteiger partial charge on any atom is -0.00178 e. The minimum absolute atomic E-state index is 0.658. The van der Waals surface area contributed by atoms with Crippen LogP contribution in [0.25, 0.3) is 0 Å². The van der Waals surface area contributed by atoms with Crippen molar-refractivity contribution in [3.05, 3.63) is 0 Å². The average molecular weight is 155 g/mol. The van der Waals surface area contributed by atoms with E-state index >= 15 is 0 Å². The van der Waals surface area contributed by atoms with Crippen LogP contribution in [0.3, 0.4) is 0 Å². The Morgan fingerprint density at radius 1 is 1.36 bits per heavy atom. The van der Waals surface area contributed by atoms with Gasteiger partial charge in [-0.1, -0.05) is 33.6 Å². The maximum atomic E-state index is 3.46. The molecule has 0 bridgehead atoms. The molecule has 1 saturated heterocycles. The van der Waals surface area contributed by atoms with Gasteiger partial charge in [-0.15, -0.1) is 0 Å². The average Bonchev–Trinajstić information content (AvgIpc) is 2.06. The fourth-order valence-corrected chi connectivity index (χ4v) is 2.42. The SMILES string of the molecule is CCC1(CC)CCNCC1C. The van der Waals surface area contributed by atoms with Crippen molar-refractivity contribution in [2.45, 2.75) is 40.0 Å². The normalized spacial score (nSPS) is 30.3. The van der Waals surface area contributed by atoms with Gasteiger partial charge in [0.15, 0.2) is 0 Å². The standard InChI is InChI=1S/C10H21N/c1-4-10(5-2)6-7-11-8-9(10)3/h9,11H,4-8H2,1-3H3. The summed E-state index contributed by atoms with van der Waals surface area (Å²) in [5.41, 5.74) is 0.658. The molecule has 1 N–H and O–H groups in total. The zero-order valence-electron chi connectivity index (χ0n) is 8.11. The molecule has 0 amide bonds. The van der Waals surface area contributed by atoms with Crippen molar-refractivity contribution in [2.24, 2.45) is 11.3 Å². The van der Waals surface area contributed by atoms with Crippen LogP contribution < -0.4 is 5.32 Å². The molecule has 1 atom stereocenters. The smallest absolute Gasteiger partial charge is 0.00178 e. The summed E-state index contributed by atoms with van der Waals surface area (Å²) in [6.45, 7) is 9.52. The molecular formula is C10H21N. The highest BCUT2D eigenvalue weighted by molar-refractivity contribution is 4.87. The van der Waals surface area contributed by atoms with E-state index in [1.54, 1.807) is 0 Å². The molecule has 1 aliphatic rings. The monoisotopic (exact) mass is 155 g/mol. The minimum Gasteiger partial charge on any atom is -0.316 e. The second kappa shape index (κ2) is 3.57. The summed E-state index contributed by atoms with van der Waals surface area (Å²) in [5.74, 6) is 0.867. The van der Waals surface area contributed by atoms with E-state index < -0.39 is 0 Å². The third kappa shape index (κ3) is 1.58. The lowest BCUT2D eigenvalue weighted by Crippen LogP contribution is -2.43. The van der Waals surface area contributed by atoms with E-state index in [0.717, 1.165) is 5.92 Å². The summed E-state index contributed by atoms with van der Waals surface area (Å²) in [5, 5.41) is 3.46. The highest BCUT2D eigenvalue weighted by Gasteiger charge is 2.34. The largest absolute Gasteiger partial charge is 0.316 e. The van der Waals surface area contributed by atoms with Crippen molar-refractivity contribution in [2.75, 3.05) is 13.1 Å². The number of nitrogens with one attached hydrogen (secondary N) is 1. The predicted octanol–water partition coefficient (Wildman–Crippen LogP) is 2.42. The lowest BCUT2D eigenvalue weighted by Gasteiger charge is -2.42. The summed E-state index contributed by atoms with van der Waals surface area (Å²) >= 11 is 0. The molecule has 0 spiro atoms. The van der Waals surface area contributed by atoms with Gasteiger partial charge < -0.3 is 5.32 Å². The van der Waals surface area contributed by atoms with Gasteiger partial charge >= 0.3 is 0 Å². The van der Waals surface area contributed by atoms with Gasteiger partial charge in [0.1, 0.15) is 0 Å². The van der Waals surface area contributed by atoms with Crippen LogP contribution in [0.2, 0.25) is 0 Å². The van der Waals surface area contributed by atoms with Gasteiger partial charge in [0.2, 0.25) is 0 Å². The van der Waals surface area contributed by atoms with Gasteiger partial charge in [0.25, 0.3) is 0 Å². The fourth-order valence-electron chi connectivity index (χ4n) is 2.42. The van der Waals surface area contributed by atoms with E-state index in [1.807, 2.05) is 0 Å². The number of hydrogen-bond acceptors (Lipinski definition) is 1. The molecule has 66 valence electrons. The minimum atomic E-state index is 0.658. The Morgan fingerprint density at radius 3 is 2.36 bits per heavy atom. The number of hydrogen-bond donors (Lipinski definition) is 1. The van der Waals surface area contributed by atoms with E-state index in [-0.39, 0.29) is 0 Å². The zero-order valence-corrected chi connectivity index (χ0v) is 8.11. The van der Waals surface area contributed by atoms with Crippen LogP contribution in [-0.4, -0.2) is 13.1 Å². The molecule has 1 nitrogen and oxygen atoms in total. The first kappa shape index (κ1) is 9.05. The number of piperidine rings is 1. The summed E-state index contributed by atoms with van der Waals surface area (Å²) in [7, 11) is 0.